The highest BCUT2D eigenvalue weighted by Crippen LogP contribution is 2.14. The number of hydrazone groups is 1. The summed E-state index contributed by atoms with van der Waals surface area (Å²) in [5.41, 5.74) is 6.20. The molecule has 0 saturated carbocycles. The molecule has 0 bridgehead atoms. The third kappa shape index (κ3) is 5.05. The van der Waals surface area contributed by atoms with Crippen LogP contribution in [0.25, 0.3) is 0 Å². The van der Waals surface area contributed by atoms with Crippen molar-refractivity contribution in [3.63, 3.8) is 0 Å². The van der Waals surface area contributed by atoms with Gasteiger partial charge in [-0.25, -0.2) is 5.43 Å². The van der Waals surface area contributed by atoms with Gasteiger partial charge in [-0.05, 0) is 42.3 Å². The number of benzene rings is 3. The van der Waals surface area contributed by atoms with Crippen LogP contribution in [0.2, 0.25) is 0 Å². The molecule has 1 N–H and O–H groups in total. The van der Waals surface area contributed by atoms with Gasteiger partial charge in [0.15, 0.2) is 0 Å². The molecule has 4 nitrogen and oxygen atoms in total. The van der Waals surface area contributed by atoms with E-state index in [1.54, 1.807) is 18.3 Å². The van der Waals surface area contributed by atoms with E-state index >= 15 is 0 Å². The van der Waals surface area contributed by atoms with E-state index in [4.69, 9.17) is 4.74 Å². The van der Waals surface area contributed by atoms with Crippen molar-refractivity contribution < 1.29 is 9.53 Å². The van der Waals surface area contributed by atoms with Crippen molar-refractivity contribution >= 4 is 12.1 Å². The predicted molar refractivity (Wildman–Crippen MR) is 103 cm³/mol. The van der Waals surface area contributed by atoms with Gasteiger partial charge in [0, 0.05) is 5.56 Å². The Bertz CT molecular complexity index is 870. The first-order valence-electron chi connectivity index (χ1n) is 8.37. The number of hydrogen-bond acceptors (Lipinski definition) is 3. The maximum atomic E-state index is 12.1. The minimum atomic E-state index is -0.247. The lowest BCUT2D eigenvalue weighted by molar-refractivity contribution is 0.0955. The molecule has 3 rings (SSSR count). The van der Waals surface area contributed by atoms with Crippen molar-refractivity contribution in [1.29, 1.82) is 0 Å². The van der Waals surface area contributed by atoms with E-state index in [1.807, 2.05) is 73.7 Å². The number of rotatable bonds is 6. The van der Waals surface area contributed by atoms with E-state index in [1.165, 1.54) is 5.56 Å². The van der Waals surface area contributed by atoms with Gasteiger partial charge in [0.2, 0.25) is 0 Å². The van der Waals surface area contributed by atoms with Gasteiger partial charge in [0.05, 0.1) is 6.21 Å². The summed E-state index contributed by atoms with van der Waals surface area (Å²) in [7, 11) is 0. The predicted octanol–water partition coefficient (Wildman–Crippen LogP) is 4.34. The highest BCUT2D eigenvalue weighted by molar-refractivity contribution is 5.94. The molecule has 0 heterocycles. The lowest BCUT2D eigenvalue weighted by Gasteiger charge is -2.07. The van der Waals surface area contributed by atoms with Crippen molar-refractivity contribution in [3.8, 4) is 5.75 Å². The van der Waals surface area contributed by atoms with Crippen LogP contribution in [-0.4, -0.2) is 12.1 Å². The normalized spacial score (nSPS) is 10.7. The highest BCUT2D eigenvalue weighted by atomic mass is 16.5. The third-order valence-electron chi connectivity index (χ3n) is 3.82. The van der Waals surface area contributed by atoms with Crippen LogP contribution in [0.3, 0.4) is 0 Å². The first-order valence-corrected chi connectivity index (χ1v) is 8.37. The molecule has 0 atom stereocenters. The number of nitrogens with one attached hydrogen (secondary N) is 1. The monoisotopic (exact) mass is 344 g/mol. The molecule has 0 radical (unpaired) electrons. The SMILES string of the molecule is Cc1ccc(OCc2ccc(C(=O)NN=Cc3ccccc3)cc2)cc1. The van der Waals surface area contributed by atoms with Crippen LogP contribution < -0.4 is 10.2 Å². The summed E-state index contributed by atoms with van der Waals surface area (Å²) in [5.74, 6) is 0.579. The molecule has 0 saturated heterocycles. The van der Waals surface area contributed by atoms with Crippen molar-refractivity contribution in [2.24, 2.45) is 5.10 Å². The van der Waals surface area contributed by atoms with Crippen LogP contribution in [-0.2, 0) is 6.61 Å². The molecule has 0 aliphatic rings. The van der Waals surface area contributed by atoms with Gasteiger partial charge in [-0.3, -0.25) is 4.79 Å². The molecule has 3 aromatic rings. The Morgan fingerprint density at radius 3 is 2.35 bits per heavy atom. The Labute approximate surface area is 153 Å². The molecule has 0 unspecified atom stereocenters. The second-order valence-corrected chi connectivity index (χ2v) is 5.91. The molecule has 0 aromatic heterocycles. The van der Waals surface area contributed by atoms with E-state index in [0.717, 1.165) is 16.9 Å². The van der Waals surface area contributed by atoms with Gasteiger partial charge in [0.1, 0.15) is 12.4 Å². The summed E-state index contributed by atoms with van der Waals surface area (Å²) in [6.07, 6.45) is 1.61. The Hall–Kier alpha value is -3.40. The number of carbonyl (C=O) groups is 1. The molecule has 26 heavy (non-hydrogen) atoms. The second-order valence-electron chi connectivity index (χ2n) is 5.91. The van der Waals surface area contributed by atoms with E-state index in [9.17, 15) is 4.79 Å². The molecule has 0 fully saturated rings. The minimum absolute atomic E-state index is 0.247. The van der Waals surface area contributed by atoms with Crippen LogP contribution in [0.1, 0.15) is 27.0 Å². The summed E-state index contributed by atoms with van der Waals surface area (Å²) in [5, 5.41) is 3.97. The molecular formula is C22H20N2O2. The first kappa shape index (κ1) is 17.4. The van der Waals surface area contributed by atoms with Crippen LogP contribution in [0.4, 0.5) is 0 Å². The van der Waals surface area contributed by atoms with Gasteiger partial charge < -0.3 is 4.74 Å². The van der Waals surface area contributed by atoms with Gasteiger partial charge >= 0.3 is 0 Å². The number of amides is 1. The third-order valence-corrected chi connectivity index (χ3v) is 3.82. The average molecular weight is 344 g/mol. The lowest BCUT2D eigenvalue weighted by Crippen LogP contribution is -2.17. The number of ether oxygens (including phenoxy) is 1. The molecule has 3 aromatic carbocycles. The fraction of sp³-hybridized carbons (Fsp3) is 0.0909. The smallest absolute Gasteiger partial charge is 0.271 e. The Morgan fingerprint density at radius 2 is 1.65 bits per heavy atom. The molecule has 130 valence electrons. The van der Waals surface area contributed by atoms with Gasteiger partial charge in [0.25, 0.3) is 5.91 Å². The zero-order chi connectivity index (χ0) is 18.2. The zero-order valence-electron chi connectivity index (χ0n) is 14.6. The summed E-state index contributed by atoms with van der Waals surface area (Å²) < 4.78 is 5.74. The Morgan fingerprint density at radius 1 is 0.962 bits per heavy atom. The maximum absolute atomic E-state index is 12.1. The quantitative estimate of drug-likeness (QED) is 0.534. The van der Waals surface area contributed by atoms with Gasteiger partial charge in [-0.15, -0.1) is 0 Å². The summed E-state index contributed by atoms with van der Waals surface area (Å²) in [4.78, 5) is 12.1. The van der Waals surface area contributed by atoms with Gasteiger partial charge in [-0.1, -0.05) is 60.2 Å². The molecule has 4 heteroatoms. The second kappa shape index (κ2) is 8.62. The standard InChI is InChI=1S/C22H20N2O2/c1-17-7-13-21(14-8-17)26-16-19-9-11-20(12-10-19)22(25)24-23-15-18-5-3-2-4-6-18/h2-15H,16H2,1H3,(H,24,25). The van der Waals surface area contributed by atoms with Crippen LogP contribution >= 0.6 is 0 Å². The number of aryl methyl sites for hydroxylation is 1. The Kier molecular flexibility index (Phi) is 5.78. The lowest BCUT2D eigenvalue weighted by atomic mass is 10.1. The highest BCUT2D eigenvalue weighted by Gasteiger charge is 2.04. The van der Waals surface area contributed by atoms with Crippen LogP contribution in [0, 0.1) is 6.92 Å². The average Bonchev–Trinajstić information content (AvgIpc) is 2.69. The topological polar surface area (TPSA) is 50.7 Å². The fourth-order valence-corrected chi connectivity index (χ4v) is 2.32. The van der Waals surface area contributed by atoms with Crippen LogP contribution in [0.15, 0.2) is 84.0 Å². The molecule has 0 aliphatic heterocycles. The molecule has 0 spiro atoms. The number of hydrogen-bond donors (Lipinski definition) is 1. The first-order chi connectivity index (χ1) is 12.7. The fourth-order valence-electron chi connectivity index (χ4n) is 2.32. The number of nitrogens with zero attached hydrogens (tertiary/aromatic N) is 1. The number of carbonyl (C=O) groups excluding carboxylic acids is 1. The van der Waals surface area contributed by atoms with Crippen LogP contribution in [0.5, 0.6) is 5.75 Å². The summed E-state index contributed by atoms with van der Waals surface area (Å²) in [6, 6.07) is 24.8. The van der Waals surface area contributed by atoms with Crippen molar-refractivity contribution in [2.45, 2.75) is 13.5 Å². The minimum Gasteiger partial charge on any atom is -0.489 e. The zero-order valence-corrected chi connectivity index (χ0v) is 14.6. The van der Waals surface area contributed by atoms with E-state index in [2.05, 4.69) is 10.5 Å². The van der Waals surface area contributed by atoms with Crippen molar-refractivity contribution in [2.75, 3.05) is 0 Å². The molecular weight excluding hydrogens is 324 g/mol. The van der Waals surface area contributed by atoms with E-state index < -0.39 is 0 Å². The largest absolute Gasteiger partial charge is 0.489 e. The maximum Gasteiger partial charge on any atom is 0.271 e. The van der Waals surface area contributed by atoms with Gasteiger partial charge in [-0.2, -0.15) is 5.10 Å². The van der Waals surface area contributed by atoms with Crippen molar-refractivity contribution in [1.82, 2.24) is 5.43 Å². The molecule has 1 amide bonds. The summed E-state index contributed by atoms with van der Waals surface area (Å²) >= 11 is 0. The van der Waals surface area contributed by atoms with Crippen molar-refractivity contribution in [3.05, 3.63) is 101 Å². The summed E-state index contributed by atoms with van der Waals surface area (Å²) in [6.45, 7) is 2.49. The molecule has 0 aliphatic carbocycles. The van der Waals surface area contributed by atoms with E-state index in [-0.39, 0.29) is 5.91 Å². The van der Waals surface area contributed by atoms with E-state index in [0.29, 0.717) is 12.2 Å². The Balaban J connectivity index is 1.52.